The van der Waals surface area contributed by atoms with Crippen LogP contribution in [0.5, 0.6) is 0 Å². The van der Waals surface area contributed by atoms with Gasteiger partial charge in [0.25, 0.3) is 0 Å². The number of nitrogens with zero attached hydrogens (tertiary/aromatic N) is 8. The number of ketones is 1. The topological polar surface area (TPSA) is 114 Å². The Kier molecular flexibility index (Phi) is 7.18. The SMILES string of the molecule is CCSc1nnc(-c2nn(-c3ccccc3)c(C(=O)c3ccc(Br)cc3)c2N=[N+]=[N-])n1-c1ccccc1. The number of para-hydroxylation sites is 2. The van der Waals surface area contributed by atoms with Gasteiger partial charge in [0, 0.05) is 20.6 Å². The average molecular weight is 571 g/mol. The third kappa shape index (κ3) is 4.79. The first-order chi connectivity index (χ1) is 18.1. The molecule has 0 N–H and O–H groups in total. The van der Waals surface area contributed by atoms with Crippen molar-refractivity contribution < 1.29 is 4.79 Å². The maximum absolute atomic E-state index is 13.8. The lowest BCUT2D eigenvalue weighted by atomic mass is 10.1. The molecule has 0 saturated carbocycles. The van der Waals surface area contributed by atoms with Gasteiger partial charge in [0.15, 0.2) is 11.0 Å². The maximum atomic E-state index is 13.8. The first kappa shape index (κ1) is 24.5. The van der Waals surface area contributed by atoms with Crippen molar-refractivity contribution >= 4 is 39.2 Å². The van der Waals surface area contributed by atoms with Crippen molar-refractivity contribution in [2.24, 2.45) is 5.11 Å². The van der Waals surface area contributed by atoms with Crippen LogP contribution in [0.25, 0.3) is 33.3 Å². The van der Waals surface area contributed by atoms with Gasteiger partial charge in [0.05, 0.1) is 11.4 Å². The zero-order valence-electron chi connectivity index (χ0n) is 19.6. The van der Waals surface area contributed by atoms with E-state index in [4.69, 9.17) is 5.10 Å². The summed E-state index contributed by atoms with van der Waals surface area (Å²) in [6.07, 6.45) is 0. The van der Waals surface area contributed by atoms with E-state index in [1.165, 1.54) is 16.4 Å². The first-order valence-corrected chi connectivity index (χ1v) is 13.1. The highest BCUT2D eigenvalue weighted by Gasteiger charge is 2.29. The summed E-state index contributed by atoms with van der Waals surface area (Å²) in [6.45, 7) is 2.03. The van der Waals surface area contributed by atoms with Crippen molar-refractivity contribution in [3.63, 3.8) is 0 Å². The fraction of sp³-hybridized carbons (Fsp3) is 0.0769. The van der Waals surface area contributed by atoms with Crippen LogP contribution in [-0.2, 0) is 0 Å². The van der Waals surface area contributed by atoms with Crippen LogP contribution in [0.2, 0.25) is 0 Å². The smallest absolute Gasteiger partial charge is 0.211 e. The van der Waals surface area contributed by atoms with Gasteiger partial charge in [-0.05, 0) is 59.8 Å². The molecule has 0 aliphatic heterocycles. The Morgan fingerprint density at radius 3 is 2.24 bits per heavy atom. The van der Waals surface area contributed by atoms with E-state index in [0.717, 1.165) is 15.9 Å². The molecule has 0 unspecified atom stereocenters. The molecular formula is C26H19BrN8OS. The van der Waals surface area contributed by atoms with Crippen LogP contribution < -0.4 is 0 Å². The molecular weight excluding hydrogens is 552 g/mol. The highest BCUT2D eigenvalue weighted by molar-refractivity contribution is 9.10. The van der Waals surface area contributed by atoms with E-state index in [2.05, 4.69) is 36.2 Å². The minimum absolute atomic E-state index is 0.0805. The van der Waals surface area contributed by atoms with Crippen LogP contribution in [0.15, 0.2) is 99.7 Å². The normalized spacial score (nSPS) is 10.8. The van der Waals surface area contributed by atoms with Crippen molar-refractivity contribution in [2.45, 2.75) is 12.1 Å². The predicted molar refractivity (Wildman–Crippen MR) is 147 cm³/mol. The molecule has 5 rings (SSSR count). The summed E-state index contributed by atoms with van der Waals surface area (Å²) < 4.78 is 4.20. The number of aromatic nitrogens is 5. The van der Waals surface area contributed by atoms with Crippen molar-refractivity contribution in [1.82, 2.24) is 24.5 Å². The quantitative estimate of drug-likeness (QED) is 0.0644. The summed E-state index contributed by atoms with van der Waals surface area (Å²) in [5, 5.41) is 18.2. The summed E-state index contributed by atoms with van der Waals surface area (Å²) >= 11 is 4.93. The van der Waals surface area contributed by atoms with Crippen LogP contribution >= 0.6 is 27.7 Å². The zero-order chi connectivity index (χ0) is 25.8. The van der Waals surface area contributed by atoms with Gasteiger partial charge in [-0.15, -0.1) is 10.2 Å². The second-order valence-corrected chi connectivity index (χ2v) is 9.88. The third-order valence-electron chi connectivity index (χ3n) is 5.46. The molecule has 0 amide bonds. The fourth-order valence-electron chi connectivity index (χ4n) is 3.85. The van der Waals surface area contributed by atoms with E-state index in [1.54, 1.807) is 24.3 Å². The van der Waals surface area contributed by atoms with Crippen LogP contribution in [-0.4, -0.2) is 36.1 Å². The second kappa shape index (κ2) is 10.8. The highest BCUT2D eigenvalue weighted by atomic mass is 79.9. The number of thioether (sulfide) groups is 1. The molecule has 2 heterocycles. The molecule has 0 saturated heterocycles. The van der Waals surface area contributed by atoms with Crippen LogP contribution in [0.3, 0.4) is 0 Å². The summed E-state index contributed by atoms with van der Waals surface area (Å²) in [6, 6.07) is 25.8. The van der Waals surface area contributed by atoms with Crippen molar-refractivity contribution in [1.29, 1.82) is 0 Å². The van der Waals surface area contributed by atoms with Crippen molar-refractivity contribution in [2.75, 3.05) is 5.75 Å². The number of hydrogen-bond donors (Lipinski definition) is 0. The lowest BCUT2D eigenvalue weighted by Gasteiger charge is -2.08. The Bertz CT molecular complexity index is 1610. The molecule has 5 aromatic rings. The molecule has 0 fully saturated rings. The lowest BCUT2D eigenvalue weighted by Crippen LogP contribution is -2.10. The molecule has 3 aromatic carbocycles. The van der Waals surface area contributed by atoms with Crippen LogP contribution in [0, 0.1) is 0 Å². The molecule has 11 heteroatoms. The zero-order valence-corrected chi connectivity index (χ0v) is 22.0. The minimum atomic E-state index is -0.341. The summed E-state index contributed by atoms with van der Waals surface area (Å²) in [7, 11) is 0. The molecule has 0 bridgehead atoms. The van der Waals surface area contributed by atoms with Crippen LogP contribution in [0.1, 0.15) is 23.0 Å². The molecule has 9 nitrogen and oxygen atoms in total. The minimum Gasteiger partial charge on any atom is -0.287 e. The number of carbonyl (C=O) groups is 1. The number of benzene rings is 3. The number of hydrogen-bond acceptors (Lipinski definition) is 6. The van der Waals surface area contributed by atoms with E-state index in [1.807, 2.05) is 72.2 Å². The third-order valence-corrected chi connectivity index (χ3v) is 6.80. The fourth-order valence-corrected chi connectivity index (χ4v) is 4.80. The van der Waals surface area contributed by atoms with Gasteiger partial charge >= 0.3 is 0 Å². The summed E-state index contributed by atoms with van der Waals surface area (Å²) in [4.78, 5) is 16.9. The van der Waals surface area contributed by atoms with E-state index >= 15 is 0 Å². The standard InChI is InChI=1S/C26H19BrN8OS/c1-2-37-26-31-30-25(34(26)19-9-5-3-6-10-19)22-21(29-33-28)23(24(36)17-13-15-18(27)16-14-17)35(32-22)20-11-7-4-8-12-20/h3-16H,2H2,1H3. The molecule has 182 valence electrons. The maximum Gasteiger partial charge on any atom is 0.211 e. The van der Waals surface area contributed by atoms with Gasteiger partial charge in [-0.25, -0.2) is 4.68 Å². The van der Waals surface area contributed by atoms with E-state index < -0.39 is 0 Å². The first-order valence-electron chi connectivity index (χ1n) is 11.3. The summed E-state index contributed by atoms with van der Waals surface area (Å²) in [5.41, 5.74) is 11.9. The van der Waals surface area contributed by atoms with Crippen LogP contribution in [0.4, 0.5) is 5.69 Å². The van der Waals surface area contributed by atoms with Gasteiger partial charge in [-0.2, -0.15) is 5.10 Å². The Morgan fingerprint density at radius 1 is 0.973 bits per heavy atom. The van der Waals surface area contributed by atoms with Crippen molar-refractivity contribution in [3.05, 3.63) is 111 Å². The monoisotopic (exact) mass is 570 g/mol. The van der Waals surface area contributed by atoms with E-state index in [9.17, 15) is 10.3 Å². The Morgan fingerprint density at radius 2 is 1.62 bits per heavy atom. The number of azide groups is 1. The van der Waals surface area contributed by atoms with Crippen molar-refractivity contribution in [3.8, 4) is 22.9 Å². The van der Waals surface area contributed by atoms with Gasteiger partial charge in [0.2, 0.25) is 5.78 Å². The predicted octanol–water partition coefficient (Wildman–Crippen LogP) is 7.17. The lowest BCUT2D eigenvalue weighted by molar-refractivity contribution is 0.103. The van der Waals surface area contributed by atoms with Gasteiger partial charge in [0.1, 0.15) is 11.4 Å². The summed E-state index contributed by atoms with van der Waals surface area (Å²) in [5.74, 6) is 0.801. The average Bonchev–Trinajstić information content (AvgIpc) is 3.52. The second-order valence-electron chi connectivity index (χ2n) is 7.73. The molecule has 0 radical (unpaired) electrons. The largest absolute Gasteiger partial charge is 0.287 e. The van der Waals surface area contributed by atoms with Gasteiger partial charge < -0.3 is 0 Å². The molecule has 0 aliphatic rings. The van der Waals surface area contributed by atoms with E-state index in [-0.39, 0.29) is 22.9 Å². The van der Waals surface area contributed by atoms with Gasteiger partial charge in [-0.1, -0.05) is 76.1 Å². The molecule has 37 heavy (non-hydrogen) atoms. The molecule has 2 aromatic heterocycles. The molecule has 0 atom stereocenters. The van der Waals surface area contributed by atoms with Gasteiger partial charge in [-0.3, -0.25) is 9.36 Å². The highest BCUT2D eigenvalue weighted by Crippen LogP contribution is 2.38. The molecule has 0 spiro atoms. The number of carbonyl (C=O) groups excluding carboxylic acids is 1. The number of halogens is 1. The Labute approximate surface area is 224 Å². The Balaban J connectivity index is 1.81. The molecule has 0 aliphatic carbocycles. The van der Waals surface area contributed by atoms with E-state index in [0.29, 0.717) is 22.2 Å². The number of rotatable bonds is 8. The Hall–Kier alpha value is -4.18.